The Balaban J connectivity index is 2.35. The van der Waals surface area contributed by atoms with E-state index in [0.29, 0.717) is 17.5 Å². The van der Waals surface area contributed by atoms with Gasteiger partial charge in [-0.2, -0.15) is 0 Å². The molecule has 12 N–H and O–H groups in total. The Morgan fingerprint density at radius 3 is 1.48 bits per heavy atom. The van der Waals surface area contributed by atoms with E-state index in [1.165, 1.54) is 6.92 Å². The molecular formula is C49H75N9O11. The van der Waals surface area contributed by atoms with Crippen LogP contribution in [-0.2, 0) is 56.0 Å². The molecule has 8 amide bonds. The van der Waals surface area contributed by atoms with Crippen LogP contribution < -0.4 is 48.3 Å². The maximum atomic E-state index is 14.2. The smallest absolute Gasteiger partial charge is 0.316 e. The molecule has 20 nitrogen and oxygen atoms in total. The molecule has 1 unspecified atom stereocenters. The number of amides is 8. The average molecular weight is 966 g/mol. The second kappa shape index (κ2) is 29.5. The molecule has 0 radical (unpaired) electrons. The average Bonchev–Trinajstić information content (AvgIpc) is 3.29. The van der Waals surface area contributed by atoms with Crippen molar-refractivity contribution in [1.29, 1.82) is 0 Å². The molecule has 0 aromatic heterocycles. The van der Waals surface area contributed by atoms with Crippen LogP contribution in [-0.4, -0.2) is 119 Å². The number of carboxylic acids is 1. The van der Waals surface area contributed by atoms with E-state index in [0.717, 1.165) is 0 Å². The number of aliphatic hydroxyl groups is 1. The number of carboxylic acid groups (broad SMARTS) is 1. The van der Waals surface area contributed by atoms with Crippen LogP contribution in [0.25, 0.3) is 0 Å². The first kappa shape index (κ1) is 58.7. The van der Waals surface area contributed by atoms with E-state index >= 15 is 0 Å². The Kier molecular flexibility index (Phi) is 25.1. The summed E-state index contributed by atoms with van der Waals surface area (Å²) in [5.74, 6) is -9.76. The number of hydrogen-bond acceptors (Lipinski definition) is 11. The van der Waals surface area contributed by atoms with Crippen molar-refractivity contribution in [2.24, 2.45) is 35.3 Å². The molecular weight excluding hydrogens is 891 g/mol. The molecule has 382 valence electrons. The third kappa shape index (κ3) is 20.8. The highest BCUT2D eigenvalue weighted by atomic mass is 16.4. The van der Waals surface area contributed by atoms with Gasteiger partial charge in [0, 0.05) is 12.8 Å². The summed E-state index contributed by atoms with van der Waals surface area (Å²) in [5.41, 5.74) is 6.75. The number of nitrogens with one attached hydrogen (secondary N) is 8. The monoisotopic (exact) mass is 966 g/mol. The normalized spacial score (nSPS) is 15.2. The van der Waals surface area contributed by atoms with Crippen molar-refractivity contribution < 1.29 is 53.4 Å². The van der Waals surface area contributed by atoms with E-state index in [9.17, 15) is 53.4 Å². The molecule has 2 rings (SSSR count). The van der Waals surface area contributed by atoms with Gasteiger partial charge in [-0.05, 0) is 54.6 Å². The second-order valence-electron chi connectivity index (χ2n) is 18.6. The summed E-state index contributed by atoms with van der Waals surface area (Å²) in [7, 11) is 0. The number of rotatable bonds is 29. The van der Waals surface area contributed by atoms with Gasteiger partial charge in [-0.3, -0.25) is 43.2 Å². The number of aliphatic carboxylic acids is 1. The van der Waals surface area contributed by atoms with Crippen LogP contribution in [0.1, 0.15) is 92.7 Å². The van der Waals surface area contributed by atoms with Crippen molar-refractivity contribution in [3.05, 3.63) is 71.8 Å². The molecule has 0 fully saturated rings. The molecule has 0 aliphatic rings. The fraction of sp³-hybridized carbons (Fsp3) is 0.571. The van der Waals surface area contributed by atoms with Crippen LogP contribution in [0.4, 0.5) is 0 Å². The highest BCUT2D eigenvalue weighted by molar-refractivity contribution is 5.98. The summed E-state index contributed by atoms with van der Waals surface area (Å²) in [4.78, 5) is 120. The second-order valence-corrected chi connectivity index (χ2v) is 18.6. The lowest BCUT2D eigenvalue weighted by molar-refractivity contribution is -0.148. The van der Waals surface area contributed by atoms with Crippen LogP contribution in [0.2, 0.25) is 0 Å². The molecule has 20 heteroatoms. The number of nitrogens with two attached hydrogens (primary N) is 1. The Morgan fingerprint density at radius 1 is 0.536 bits per heavy atom. The zero-order valence-electron chi connectivity index (χ0n) is 41.3. The van der Waals surface area contributed by atoms with Gasteiger partial charge in [0.25, 0.3) is 0 Å². The minimum atomic E-state index is -1.46. The number of aliphatic hydroxyl groups excluding tert-OH is 1. The summed E-state index contributed by atoms with van der Waals surface area (Å²) in [6.07, 6.45) is -2.18. The van der Waals surface area contributed by atoms with Crippen molar-refractivity contribution in [2.75, 3.05) is 13.1 Å². The Hall–Kier alpha value is -6.41. The van der Waals surface area contributed by atoms with Gasteiger partial charge in [-0.1, -0.05) is 122 Å². The number of benzene rings is 2. The summed E-state index contributed by atoms with van der Waals surface area (Å²) >= 11 is 0. The lowest BCUT2D eigenvalue weighted by Gasteiger charge is -2.29. The van der Waals surface area contributed by atoms with E-state index in [1.54, 1.807) is 95.3 Å². The first-order valence-corrected chi connectivity index (χ1v) is 23.5. The molecule has 2 aromatic carbocycles. The number of carbonyl (C=O) groups excluding carboxylic acids is 8. The first-order valence-electron chi connectivity index (χ1n) is 23.5. The van der Waals surface area contributed by atoms with Gasteiger partial charge in [0.05, 0.1) is 19.2 Å². The largest absolute Gasteiger partial charge is 0.481 e. The van der Waals surface area contributed by atoms with Gasteiger partial charge < -0.3 is 58.5 Å². The predicted octanol–water partition coefficient (Wildman–Crippen LogP) is 0.405. The number of hydrogen-bond donors (Lipinski definition) is 11. The van der Waals surface area contributed by atoms with E-state index in [-0.39, 0.29) is 50.0 Å². The van der Waals surface area contributed by atoms with E-state index < -0.39 is 114 Å². The summed E-state index contributed by atoms with van der Waals surface area (Å²) in [6, 6.07) is 11.5. The minimum absolute atomic E-state index is 0.00220. The molecule has 69 heavy (non-hydrogen) atoms. The summed E-state index contributed by atoms with van der Waals surface area (Å²) in [6.45, 7) is 14.5. The molecule has 0 heterocycles. The van der Waals surface area contributed by atoms with Gasteiger partial charge in [-0.15, -0.1) is 0 Å². The zero-order valence-corrected chi connectivity index (χ0v) is 41.3. The van der Waals surface area contributed by atoms with Crippen molar-refractivity contribution in [3.63, 3.8) is 0 Å². The third-order valence-corrected chi connectivity index (χ3v) is 11.3. The van der Waals surface area contributed by atoms with Crippen molar-refractivity contribution >= 4 is 53.2 Å². The van der Waals surface area contributed by atoms with Gasteiger partial charge in [-0.25, -0.2) is 0 Å². The Bertz CT molecular complexity index is 2020. The standard InChI is InChI=1S/C49H75N9O11/c1-10-30(8)41(55-38(60)25-50)48(67)53-35(22-28(4)5)44(63)51-26-39(61)52-36(23-32-17-13-11-14-18-32)45(64)56-40(29(6)7)47(66)54-37(24-33-19-15-12-16-20-33)46(65)58-42(31(9)59)57-43(62)34(49(68)69)21-27(2)3/h11-20,27-31,34-37,40-42,59H,10,21-26,50H2,1-9H3,(H,51,63)(H,52,61)(H,53,67)(H,54,66)(H,55,60)(H,56,64)(H,57,62)(H,58,65)(H,68,69)/t30-,31+,34?,35-,36-,37-,40-,41-,42-/m0/s1. The van der Waals surface area contributed by atoms with E-state index in [2.05, 4.69) is 42.5 Å². The SMILES string of the molecule is CC[C@H](C)[C@H](NC(=O)CN)C(=O)N[C@@H](CC(C)C)C(=O)NCC(=O)N[C@@H](Cc1ccccc1)C(=O)N[C@H](C(=O)N[C@@H](Cc1ccccc1)C(=O)N[C@H](NC(=O)C(CC(C)C)C(=O)O)[C@@H](C)O)C(C)C. The lowest BCUT2D eigenvalue weighted by Crippen LogP contribution is -2.62. The quantitative estimate of drug-likeness (QED) is 0.0390. The Labute approximate surface area is 405 Å². The fourth-order valence-electron chi connectivity index (χ4n) is 7.18. The highest BCUT2D eigenvalue weighted by Crippen LogP contribution is 2.15. The van der Waals surface area contributed by atoms with Crippen molar-refractivity contribution in [1.82, 2.24) is 42.5 Å². The van der Waals surface area contributed by atoms with Crippen LogP contribution >= 0.6 is 0 Å². The van der Waals surface area contributed by atoms with Crippen molar-refractivity contribution in [3.8, 4) is 0 Å². The summed E-state index contributed by atoms with van der Waals surface area (Å²) in [5, 5.41) is 41.1. The van der Waals surface area contributed by atoms with Gasteiger partial charge in [0.1, 0.15) is 42.3 Å². The van der Waals surface area contributed by atoms with E-state index in [4.69, 9.17) is 5.73 Å². The molecule has 9 atom stereocenters. The topological polar surface area (TPSA) is 316 Å². The maximum Gasteiger partial charge on any atom is 0.316 e. The molecule has 2 aromatic rings. The van der Waals surface area contributed by atoms with Crippen LogP contribution in [0.5, 0.6) is 0 Å². The third-order valence-electron chi connectivity index (χ3n) is 11.3. The van der Waals surface area contributed by atoms with Crippen LogP contribution in [0.3, 0.4) is 0 Å². The van der Waals surface area contributed by atoms with Gasteiger partial charge >= 0.3 is 5.97 Å². The molecule has 0 bridgehead atoms. The predicted molar refractivity (Wildman–Crippen MR) is 258 cm³/mol. The molecule has 0 saturated carbocycles. The fourth-order valence-corrected chi connectivity index (χ4v) is 7.18. The minimum Gasteiger partial charge on any atom is -0.481 e. The molecule has 0 spiro atoms. The summed E-state index contributed by atoms with van der Waals surface area (Å²) < 4.78 is 0. The Morgan fingerprint density at radius 2 is 1.01 bits per heavy atom. The molecule has 0 saturated heterocycles. The highest BCUT2D eigenvalue weighted by Gasteiger charge is 2.35. The van der Waals surface area contributed by atoms with Gasteiger partial charge in [0.15, 0.2) is 0 Å². The molecule has 0 aliphatic carbocycles. The van der Waals surface area contributed by atoms with Crippen molar-refractivity contribution in [2.45, 2.75) is 137 Å². The molecule has 0 aliphatic heterocycles. The first-order chi connectivity index (χ1) is 32.5. The van der Waals surface area contributed by atoms with E-state index in [1.807, 2.05) is 20.8 Å². The zero-order chi connectivity index (χ0) is 52.0. The van der Waals surface area contributed by atoms with Gasteiger partial charge in [0.2, 0.25) is 47.3 Å². The van der Waals surface area contributed by atoms with Crippen LogP contribution in [0.15, 0.2) is 60.7 Å². The lowest BCUT2D eigenvalue weighted by atomic mass is 9.96. The van der Waals surface area contributed by atoms with Crippen LogP contribution in [0, 0.1) is 29.6 Å². The number of carbonyl (C=O) groups is 9. The maximum absolute atomic E-state index is 14.2.